The molecule has 3 rings (SSSR count). The van der Waals surface area contributed by atoms with Crippen LogP contribution in [0.15, 0.2) is 48.5 Å². The zero-order valence-electron chi connectivity index (χ0n) is 15.3. The van der Waals surface area contributed by atoms with E-state index in [9.17, 15) is 22.8 Å². The molecule has 156 valence electrons. The number of anilines is 1. The molecule has 0 atom stereocenters. The molecule has 0 aromatic heterocycles. The standard InChI is InChI=1S/C20H14ClF3N2O3S/c1-29-17-9-16(14(8-15(17)21)19(28)26-30-20(23)24)25-18(27)12-3-2-11-7-13(22)5-4-10(11)6-12/h2-9,20H,1H3,(H,25,27)(H,26,28). The molecular formula is C20H14ClF3N2O3S. The fraction of sp³-hybridized carbons (Fsp3) is 0.100. The van der Waals surface area contributed by atoms with Gasteiger partial charge in [0.1, 0.15) is 11.6 Å². The molecule has 5 nitrogen and oxygen atoms in total. The molecule has 0 bridgehead atoms. The van der Waals surface area contributed by atoms with Crippen molar-refractivity contribution in [1.82, 2.24) is 4.72 Å². The zero-order chi connectivity index (χ0) is 21.8. The van der Waals surface area contributed by atoms with Gasteiger partial charge in [0, 0.05) is 23.6 Å². The van der Waals surface area contributed by atoms with Crippen molar-refractivity contribution in [3.63, 3.8) is 0 Å². The van der Waals surface area contributed by atoms with Crippen LogP contribution in [0.1, 0.15) is 20.7 Å². The number of methoxy groups -OCH3 is 1. The smallest absolute Gasteiger partial charge is 0.302 e. The fourth-order valence-corrected chi connectivity index (χ4v) is 3.25. The van der Waals surface area contributed by atoms with Crippen molar-refractivity contribution in [1.29, 1.82) is 0 Å². The van der Waals surface area contributed by atoms with Crippen molar-refractivity contribution in [2.75, 3.05) is 12.4 Å². The first-order chi connectivity index (χ1) is 14.3. The zero-order valence-corrected chi connectivity index (χ0v) is 16.9. The molecule has 0 aliphatic rings. The Labute approximate surface area is 178 Å². The van der Waals surface area contributed by atoms with Crippen LogP contribution in [0, 0.1) is 5.82 Å². The first-order valence-electron chi connectivity index (χ1n) is 8.41. The van der Waals surface area contributed by atoms with Crippen LogP contribution in [0.4, 0.5) is 18.9 Å². The lowest BCUT2D eigenvalue weighted by atomic mass is 10.1. The lowest BCUT2D eigenvalue weighted by Crippen LogP contribution is -2.21. The van der Waals surface area contributed by atoms with Gasteiger partial charge in [-0.2, -0.15) is 8.78 Å². The Hall–Kier alpha value is -2.91. The minimum Gasteiger partial charge on any atom is -0.495 e. The van der Waals surface area contributed by atoms with E-state index in [-0.39, 0.29) is 39.5 Å². The van der Waals surface area contributed by atoms with Crippen LogP contribution in [0.5, 0.6) is 5.75 Å². The van der Waals surface area contributed by atoms with E-state index < -0.39 is 23.4 Å². The van der Waals surface area contributed by atoms with Gasteiger partial charge >= 0.3 is 5.76 Å². The molecule has 2 N–H and O–H groups in total. The van der Waals surface area contributed by atoms with E-state index in [1.165, 1.54) is 43.5 Å². The predicted molar refractivity (Wildman–Crippen MR) is 111 cm³/mol. The molecule has 0 spiro atoms. The summed E-state index contributed by atoms with van der Waals surface area (Å²) >= 11 is 5.96. The first kappa shape index (κ1) is 21.8. The molecule has 3 aromatic rings. The Morgan fingerprint density at radius 2 is 1.73 bits per heavy atom. The third-order valence-corrected chi connectivity index (χ3v) is 4.87. The second-order valence-electron chi connectivity index (χ2n) is 6.00. The van der Waals surface area contributed by atoms with Gasteiger partial charge in [-0.05, 0) is 41.1 Å². The quantitative estimate of drug-likeness (QED) is 0.483. The summed E-state index contributed by atoms with van der Waals surface area (Å²) in [5.74, 6) is -4.47. The number of hydrogen-bond donors (Lipinski definition) is 2. The normalized spacial score (nSPS) is 10.9. The Morgan fingerprint density at radius 1 is 1.03 bits per heavy atom. The second kappa shape index (κ2) is 9.27. The minimum absolute atomic E-state index is 0.0211. The Kier molecular flexibility index (Phi) is 6.73. The Morgan fingerprint density at radius 3 is 2.43 bits per heavy atom. The maximum absolute atomic E-state index is 13.3. The molecular weight excluding hydrogens is 441 g/mol. The van der Waals surface area contributed by atoms with Crippen LogP contribution in [0.3, 0.4) is 0 Å². The van der Waals surface area contributed by atoms with Gasteiger partial charge in [-0.1, -0.05) is 23.7 Å². The Bertz CT molecular complexity index is 1130. The highest BCUT2D eigenvalue weighted by molar-refractivity contribution is 7.98. The molecule has 2 amide bonds. The lowest BCUT2D eigenvalue weighted by molar-refractivity contribution is 0.0982. The molecule has 0 aliphatic carbocycles. The van der Waals surface area contributed by atoms with Crippen LogP contribution in [-0.2, 0) is 0 Å². The highest BCUT2D eigenvalue weighted by Crippen LogP contribution is 2.32. The van der Waals surface area contributed by atoms with Crippen molar-refractivity contribution < 1.29 is 27.5 Å². The van der Waals surface area contributed by atoms with E-state index in [2.05, 4.69) is 5.32 Å². The summed E-state index contributed by atoms with van der Waals surface area (Å²) in [4.78, 5) is 25.0. The summed E-state index contributed by atoms with van der Waals surface area (Å²) in [5, 5.41) is 3.89. The number of fused-ring (bicyclic) bond motifs is 1. The third-order valence-electron chi connectivity index (χ3n) is 4.09. The summed E-state index contributed by atoms with van der Waals surface area (Å²) < 4.78 is 45.2. The number of amides is 2. The first-order valence-corrected chi connectivity index (χ1v) is 9.66. The Balaban J connectivity index is 1.93. The summed E-state index contributed by atoms with van der Waals surface area (Å²) in [6, 6.07) is 11.3. The van der Waals surface area contributed by atoms with Crippen LogP contribution < -0.4 is 14.8 Å². The van der Waals surface area contributed by atoms with Crippen molar-refractivity contribution >= 4 is 51.8 Å². The van der Waals surface area contributed by atoms with Gasteiger partial charge in [-0.15, -0.1) is 0 Å². The summed E-state index contributed by atoms with van der Waals surface area (Å²) in [5.41, 5.74) is 0.148. The van der Waals surface area contributed by atoms with Gasteiger partial charge in [0.05, 0.1) is 23.4 Å². The molecule has 0 radical (unpaired) electrons. The van der Waals surface area contributed by atoms with Crippen molar-refractivity contribution in [2.24, 2.45) is 0 Å². The monoisotopic (exact) mass is 454 g/mol. The van der Waals surface area contributed by atoms with Crippen LogP contribution in [0.2, 0.25) is 5.02 Å². The van der Waals surface area contributed by atoms with Gasteiger partial charge < -0.3 is 10.1 Å². The molecule has 0 unspecified atom stereocenters. The average Bonchev–Trinajstić information content (AvgIpc) is 2.72. The molecule has 0 saturated carbocycles. The maximum Gasteiger partial charge on any atom is 0.302 e. The van der Waals surface area contributed by atoms with E-state index in [1.807, 2.05) is 4.72 Å². The largest absolute Gasteiger partial charge is 0.495 e. The van der Waals surface area contributed by atoms with E-state index >= 15 is 0 Å². The second-order valence-corrected chi connectivity index (χ2v) is 7.21. The highest BCUT2D eigenvalue weighted by Gasteiger charge is 2.19. The SMILES string of the molecule is COc1cc(NC(=O)c2ccc3cc(F)ccc3c2)c(C(=O)NSC(F)F)cc1Cl. The van der Waals surface area contributed by atoms with Crippen LogP contribution in [-0.4, -0.2) is 24.7 Å². The average molecular weight is 455 g/mol. The van der Waals surface area contributed by atoms with Gasteiger partial charge in [-0.3, -0.25) is 14.3 Å². The van der Waals surface area contributed by atoms with Gasteiger partial charge in [-0.25, -0.2) is 4.39 Å². The molecule has 0 saturated heterocycles. The maximum atomic E-state index is 13.3. The number of carbonyl (C=O) groups is 2. The third kappa shape index (κ3) is 4.98. The molecule has 10 heteroatoms. The summed E-state index contributed by atoms with van der Waals surface area (Å²) in [6.07, 6.45) is 0. The predicted octanol–water partition coefficient (Wildman–Crippen LogP) is 5.49. The van der Waals surface area contributed by atoms with Crippen molar-refractivity contribution in [2.45, 2.75) is 5.76 Å². The lowest BCUT2D eigenvalue weighted by Gasteiger charge is -2.14. The summed E-state index contributed by atoms with van der Waals surface area (Å²) in [6.45, 7) is 0. The van der Waals surface area contributed by atoms with Gasteiger partial charge in [0.25, 0.3) is 11.8 Å². The highest BCUT2D eigenvalue weighted by atomic mass is 35.5. The number of nitrogens with one attached hydrogen (secondary N) is 2. The number of ether oxygens (including phenoxy) is 1. The fourth-order valence-electron chi connectivity index (χ4n) is 2.71. The van der Waals surface area contributed by atoms with Gasteiger partial charge in [0.2, 0.25) is 0 Å². The molecule has 0 aliphatic heterocycles. The number of alkyl halides is 2. The number of carbonyl (C=O) groups excluding carboxylic acids is 2. The number of rotatable bonds is 6. The van der Waals surface area contributed by atoms with Crippen LogP contribution >= 0.6 is 23.5 Å². The van der Waals surface area contributed by atoms with Crippen LogP contribution in [0.25, 0.3) is 10.8 Å². The number of halogens is 4. The van der Waals surface area contributed by atoms with Crippen molar-refractivity contribution in [3.8, 4) is 5.75 Å². The van der Waals surface area contributed by atoms with E-state index in [4.69, 9.17) is 16.3 Å². The molecule has 0 fully saturated rings. The van der Waals surface area contributed by atoms with E-state index in [0.29, 0.717) is 10.8 Å². The van der Waals surface area contributed by atoms with Gasteiger partial charge in [0.15, 0.2) is 0 Å². The molecule has 30 heavy (non-hydrogen) atoms. The molecule has 3 aromatic carbocycles. The van der Waals surface area contributed by atoms with E-state index in [1.54, 1.807) is 12.1 Å². The van der Waals surface area contributed by atoms with Crippen molar-refractivity contribution in [3.05, 3.63) is 70.5 Å². The number of hydrogen-bond acceptors (Lipinski definition) is 4. The summed E-state index contributed by atoms with van der Waals surface area (Å²) in [7, 11) is 1.35. The molecule has 0 heterocycles. The van der Waals surface area contributed by atoms with E-state index in [0.717, 1.165) is 0 Å². The minimum atomic E-state index is -2.82. The number of benzene rings is 3. The topological polar surface area (TPSA) is 67.4 Å².